The van der Waals surface area contributed by atoms with Crippen molar-refractivity contribution in [2.75, 3.05) is 38.7 Å². The molecule has 0 saturated carbocycles. The molecule has 0 unspecified atom stereocenters. The van der Waals surface area contributed by atoms with Gasteiger partial charge in [0, 0.05) is 18.9 Å². The number of benzene rings is 2. The van der Waals surface area contributed by atoms with Gasteiger partial charge in [-0.05, 0) is 49.4 Å². The van der Waals surface area contributed by atoms with Crippen molar-refractivity contribution in [3.8, 4) is 0 Å². The number of anilines is 1. The molecule has 3 saturated heterocycles. The summed E-state index contributed by atoms with van der Waals surface area (Å²) in [4.78, 5) is 18.9. The van der Waals surface area contributed by atoms with Crippen LogP contribution in [0.3, 0.4) is 0 Å². The molecule has 3 aliphatic rings. The number of alkyl carbamates (subject to hydrolysis) is 1. The second kappa shape index (κ2) is 13.5. The van der Waals surface area contributed by atoms with Gasteiger partial charge in [0.15, 0.2) is 6.29 Å². The maximum Gasteiger partial charge on any atom is 0.407 e. The summed E-state index contributed by atoms with van der Waals surface area (Å²) in [6, 6.07) is 14.2. The summed E-state index contributed by atoms with van der Waals surface area (Å²) in [5.41, 5.74) is 6.97. The minimum Gasteiger partial charge on any atom is -0.443 e. The van der Waals surface area contributed by atoms with Gasteiger partial charge in [-0.25, -0.2) is 13.2 Å². The van der Waals surface area contributed by atoms with Gasteiger partial charge in [-0.2, -0.15) is 0 Å². The Morgan fingerprint density at radius 2 is 1.85 bits per heavy atom. The number of carbonyl (C=O) groups is 1. The summed E-state index contributed by atoms with van der Waals surface area (Å²) in [7, 11) is -4.23. The molecule has 5 atom stereocenters. The lowest BCUT2D eigenvalue weighted by Gasteiger charge is -2.32. The lowest BCUT2D eigenvalue weighted by atomic mass is 10.0. The van der Waals surface area contributed by atoms with Crippen molar-refractivity contribution in [3.63, 3.8) is 0 Å². The Kier molecular flexibility index (Phi) is 9.75. The van der Waals surface area contributed by atoms with E-state index in [9.17, 15) is 18.3 Å². The third-order valence-corrected chi connectivity index (χ3v) is 9.13. The largest absolute Gasteiger partial charge is 0.443 e. The van der Waals surface area contributed by atoms with E-state index < -0.39 is 47.0 Å². The molecule has 41 heavy (non-hydrogen) atoms. The minimum absolute atomic E-state index is 0.0509. The molecule has 5 rings (SSSR count). The zero-order valence-electron chi connectivity index (χ0n) is 22.7. The van der Waals surface area contributed by atoms with Gasteiger partial charge >= 0.3 is 6.09 Å². The second-order valence-corrected chi connectivity index (χ2v) is 12.3. The molecule has 2 aromatic carbocycles. The highest BCUT2D eigenvalue weighted by Gasteiger charge is 2.44. The number of hydrogen-bond donors (Lipinski definition) is 3. The number of amides is 1. The van der Waals surface area contributed by atoms with E-state index in [4.69, 9.17) is 29.5 Å². The summed E-state index contributed by atoms with van der Waals surface area (Å²) < 4.78 is 50.3. The van der Waals surface area contributed by atoms with Gasteiger partial charge in [-0.1, -0.05) is 40.9 Å². The van der Waals surface area contributed by atoms with Crippen LogP contribution < -0.4 is 11.1 Å². The number of hydroxylamine groups is 1. The quantitative estimate of drug-likeness (QED) is 0.260. The first kappa shape index (κ1) is 29.7. The van der Waals surface area contributed by atoms with Gasteiger partial charge in [0.25, 0.3) is 10.0 Å². The van der Waals surface area contributed by atoms with Crippen LogP contribution in [0.1, 0.15) is 24.8 Å². The highest BCUT2D eigenvalue weighted by Crippen LogP contribution is 2.33. The van der Waals surface area contributed by atoms with E-state index in [0.29, 0.717) is 32.7 Å². The molecule has 12 nitrogen and oxygen atoms in total. The lowest BCUT2D eigenvalue weighted by molar-refractivity contribution is -0.170. The highest BCUT2D eigenvalue weighted by molar-refractivity contribution is 7.89. The monoisotopic (exact) mass is 591 g/mol. The molecule has 3 fully saturated rings. The van der Waals surface area contributed by atoms with Gasteiger partial charge in [-0.15, -0.1) is 0 Å². The Morgan fingerprint density at radius 3 is 2.61 bits per heavy atom. The number of nitrogens with zero attached hydrogens (tertiary/aromatic N) is 1. The molecule has 0 aliphatic carbocycles. The Hall–Kier alpha value is -2.78. The average molecular weight is 592 g/mol. The van der Waals surface area contributed by atoms with E-state index >= 15 is 0 Å². The Labute approximate surface area is 239 Å². The van der Waals surface area contributed by atoms with Crippen LogP contribution in [0.2, 0.25) is 0 Å². The summed E-state index contributed by atoms with van der Waals surface area (Å²) in [6.07, 6.45) is -1.46. The fourth-order valence-electron chi connectivity index (χ4n) is 5.24. The van der Waals surface area contributed by atoms with E-state index in [2.05, 4.69) is 5.32 Å². The topological polar surface area (TPSA) is 159 Å². The summed E-state index contributed by atoms with van der Waals surface area (Å²) in [6.45, 7) is 1.18. The number of aliphatic hydroxyl groups excluding tert-OH is 1. The van der Waals surface area contributed by atoms with Crippen LogP contribution in [0.25, 0.3) is 0 Å². The van der Waals surface area contributed by atoms with Gasteiger partial charge in [0.2, 0.25) is 0 Å². The Balaban J connectivity index is 1.34. The number of hydrogen-bond acceptors (Lipinski definition) is 10. The van der Waals surface area contributed by atoms with Crippen molar-refractivity contribution in [1.82, 2.24) is 9.79 Å². The number of sulfonamides is 1. The van der Waals surface area contributed by atoms with Crippen molar-refractivity contribution >= 4 is 21.8 Å². The standard InChI is InChI=1S/C28H37N3O9S/c29-20-7-4-8-22(16-20)41(34,35)31(40-21-9-12-36-13-10-21)17-25(32)24(15-19-5-2-1-3-6-19)30-28(33)39-26-18-38-27-23(26)11-14-37-27/h1-8,16,21,23-27,32H,9-15,17-18,29H2,(H,30,33)/t23-,24-,25+,26-,27+/m0/s1. The Bertz CT molecular complexity index is 1260. The van der Waals surface area contributed by atoms with Crippen LogP contribution in [-0.2, 0) is 40.2 Å². The number of nitrogen functional groups attached to an aromatic ring is 1. The highest BCUT2D eigenvalue weighted by atomic mass is 32.2. The van der Waals surface area contributed by atoms with Crippen LogP contribution in [-0.4, -0.2) is 87.7 Å². The zero-order chi connectivity index (χ0) is 28.8. The van der Waals surface area contributed by atoms with Crippen molar-refractivity contribution in [2.24, 2.45) is 5.92 Å². The number of rotatable bonds is 11. The first-order valence-corrected chi connectivity index (χ1v) is 15.3. The first-order chi connectivity index (χ1) is 19.8. The van der Waals surface area contributed by atoms with Gasteiger partial charge in [0.1, 0.15) is 6.10 Å². The molecule has 13 heteroatoms. The maximum absolute atomic E-state index is 13.7. The third-order valence-electron chi connectivity index (χ3n) is 7.50. The fraction of sp³-hybridized carbons (Fsp3) is 0.536. The summed E-state index contributed by atoms with van der Waals surface area (Å²) in [5.74, 6) is -0.0509. The van der Waals surface area contributed by atoms with Crippen molar-refractivity contribution in [3.05, 3.63) is 60.2 Å². The van der Waals surface area contributed by atoms with Crippen LogP contribution in [0.5, 0.6) is 0 Å². The number of nitrogens with one attached hydrogen (secondary N) is 1. The van der Waals surface area contributed by atoms with Crippen LogP contribution in [0.4, 0.5) is 10.5 Å². The molecule has 0 bridgehead atoms. The number of ether oxygens (including phenoxy) is 4. The maximum atomic E-state index is 13.7. The minimum atomic E-state index is -4.23. The van der Waals surface area contributed by atoms with Crippen LogP contribution >= 0.6 is 0 Å². The molecule has 0 spiro atoms. The number of nitrogens with two attached hydrogens (primary N) is 1. The van der Waals surface area contributed by atoms with E-state index in [1.54, 1.807) is 6.07 Å². The third kappa shape index (κ3) is 7.55. The SMILES string of the molecule is Nc1cccc(S(=O)(=O)N(C[C@@H](O)[C@H](Cc2ccccc2)NC(=O)O[C@H]2CO[C@H]3OCC[C@H]32)OC2CCOCC2)c1. The molecular formula is C28H37N3O9S. The van der Waals surface area contributed by atoms with Gasteiger partial charge in [-0.3, -0.25) is 4.84 Å². The second-order valence-electron chi connectivity index (χ2n) is 10.5. The van der Waals surface area contributed by atoms with Crippen molar-refractivity contribution in [1.29, 1.82) is 0 Å². The number of aliphatic hydroxyl groups is 1. The van der Waals surface area contributed by atoms with Gasteiger partial charge in [0.05, 0.1) is 48.8 Å². The summed E-state index contributed by atoms with van der Waals surface area (Å²) in [5, 5.41) is 14.2. The molecule has 3 heterocycles. The van der Waals surface area contributed by atoms with E-state index in [0.717, 1.165) is 16.5 Å². The smallest absolute Gasteiger partial charge is 0.407 e. The fourth-order valence-corrected chi connectivity index (χ4v) is 6.59. The lowest BCUT2D eigenvalue weighted by Crippen LogP contribution is -2.52. The summed E-state index contributed by atoms with van der Waals surface area (Å²) >= 11 is 0. The van der Waals surface area contributed by atoms with Crippen molar-refractivity contribution in [2.45, 2.75) is 61.2 Å². The van der Waals surface area contributed by atoms with Crippen LogP contribution in [0, 0.1) is 5.92 Å². The Morgan fingerprint density at radius 1 is 1.07 bits per heavy atom. The molecule has 224 valence electrons. The molecule has 0 aromatic heterocycles. The normalized spacial score (nSPS) is 24.6. The van der Waals surface area contributed by atoms with Crippen LogP contribution in [0.15, 0.2) is 59.5 Å². The van der Waals surface area contributed by atoms with E-state index in [1.807, 2.05) is 30.3 Å². The van der Waals surface area contributed by atoms with E-state index in [1.165, 1.54) is 18.2 Å². The molecule has 4 N–H and O–H groups in total. The average Bonchev–Trinajstić information content (AvgIpc) is 3.59. The van der Waals surface area contributed by atoms with Gasteiger partial charge < -0.3 is 35.1 Å². The predicted octanol–water partition coefficient (Wildman–Crippen LogP) is 1.83. The van der Waals surface area contributed by atoms with E-state index in [-0.39, 0.29) is 35.8 Å². The predicted molar refractivity (Wildman–Crippen MR) is 147 cm³/mol. The number of fused-ring (bicyclic) bond motifs is 1. The molecule has 1 amide bonds. The number of carbonyl (C=O) groups excluding carboxylic acids is 1. The molecule has 3 aliphatic heterocycles. The molecular weight excluding hydrogens is 554 g/mol. The van der Waals surface area contributed by atoms with Crippen molar-refractivity contribution < 1.29 is 42.1 Å². The molecule has 2 aromatic rings. The zero-order valence-corrected chi connectivity index (χ0v) is 23.5. The molecule has 0 radical (unpaired) electrons. The first-order valence-electron chi connectivity index (χ1n) is 13.8.